The fourth-order valence-electron chi connectivity index (χ4n) is 1.83. The van der Waals surface area contributed by atoms with Crippen LogP contribution in [-0.2, 0) is 22.7 Å². The Bertz CT molecular complexity index is 609. The van der Waals surface area contributed by atoms with Gasteiger partial charge in [0.15, 0.2) is 0 Å². The molecule has 106 valence electrons. The van der Waals surface area contributed by atoms with E-state index in [1.807, 2.05) is 0 Å². The van der Waals surface area contributed by atoms with Crippen molar-refractivity contribution in [1.29, 1.82) is 0 Å². The molecule has 1 aromatic heterocycles. The minimum atomic E-state index is -0.428. The van der Waals surface area contributed by atoms with E-state index in [1.54, 1.807) is 31.4 Å². The van der Waals surface area contributed by atoms with E-state index in [1.165, 1.54) is 11.8 Å². The van der Waals surface area contributed by atoms with Crippen LogP contribution in [0.2, 0.25) is 0 Å². The molecule has 7 heteroatoms. The first-order valence-electron chi connectivity index (χ1n) is 5.93. The molecular formula is C13H15N3O4. The van der Waals surface area contributed by atoms with Crippen molar-refractivity contribution in [3.63, 3.8) is 0 Å². The molecule has 0 fully saturated rings. The van der Waals surface area contributed by atoms with Crippen molar-refractivity contribution in [2.24, 2.45) is 0 Å². The first kappa shape index (κ1) is 14.2. The van der Waals surface area contributed by atoms with E-state index < -0.39 is 5.97 Å². The summed E-state index contributed by atoms with van der Waals surface area (Å²) in [6.45, 7) is 0.0285. The molecule has 2 aromatic rings. The summed E-state index contributed by atoms with van der Waals surface area (Å²) in [6, 6.07) is 6.79. The number of nitrogens with zero attached hydrogens (tertiary/aromatic N) is 3. The van der Waals surface area contributed by atoms with E-state index in [2.05, 4.69) is 15.0 Å². The summed E-state index contributed by atoms with van der Waals surface area (Å²) in [7, 11) is 2.87. The standard InChI is InChI=1S/C13H15N3O4/c1-19-8-12-11(7-17)14-15-16(12)10-5-3-4-9(6-10)13(18)20-2/h3-6,17H,7-8H2,1-2H3. The third-order valence-corrected chi connectivity index (χ3v) is 2.79. The smallest absolute Gasteiger partial charge is 0.337 e. The fourth-order valence-corrected chi connectivity index (χ4v) is 1.83. The Morgan fingerprint density at radius 3 is 2.85 bits per heavy atom. The predicted molar refractivity (Wildman–Crippen MR) is 69.3 cm³/mol. The van der Waals surface area contributed by atoms with Crippen LogP contribution in [0.25, 0.3) is 5.69 Å². The van der Waals surface area contributed by atoms with Crippen molar-refractivity contribution in [3.05, 3.63) is 41.2 Å². The van der Waals surface area contributed by atoms with Crippen molar-refractivity contribution in [2.75, 3.05) is 14.2 Å². The average molecular weight is 277 g/mol. The number of ether oxygens (including phenoxy) is 2. The Hall–Kier alpha value is -2.25. The van der Waals surface area contributed by atoms with Crippen molar-refractivity contribution < 1.29 is 19.4 Å². The fraction of sp³-hybridized carbons (Fsp3) is 0.308. The van der Waals surface area contributed by atoms with Gasteiger partial charge >= 0.3 is 5.97 Å². The topological polar surface area (TPSA) is 86.5 Å². The number of benzene rings is 1. The number of carbonyl (C=O) groups is 1. The van der Waals surface area contributed by atoms with Crippen LogP contribution in [0.4, 0.5) is 0 Å². The van der Waals surface area contributed by atoms with Crippen molar-refractivity contribution in [1.82, 2.24) is 15.0 Å². The Morgan fingerprint density at radius 2 is 2.20 bits per heavy atom. The molecule has 1 aromatic carbocycles. The van der Waals surface area contributed by atoms with Crippen LogP contribution in [0.3, 0.4) is 0 Å². The minimum Gasteiger partial charge on any atom is -0.465 e. The molecule has 0 radical (unpaired) electrons. The maximum atomic E-state index is 11.5. The Balaban J connectivity index is 2.46. The number of methoxy groups -OCH3 is 2. The van der Waals surface area contributed by atoms with Crippen LogP contribution in [-0.4, -0.2) is 40.3 Å². The number of aromatic nitrogens is 3. The van der Waals surface area contributed by atoms with E-state index in [4.69, 9.17) is 4.74 Å². The van der Waals surface area contributed by atoms with Gasteiger partial charge in [0, 0.05) is 7.11 Å². The van der Waals surface area contributed by atoms with Crippen LogP contribution in [0.1, 0.15) is 21.7 Å². The van der Waals surface area contributed by atoms with Gasteiger partial charge in [0.1, 0.15) is 5.69 Å². The molecule has 0 saturated carbocycles. The largest absolute Gasteiger partial charge is 0.465 e. The molecule has 0 bridgehead atoms. The van der Waals surface area contributed by atoms with E-state index in [9.17, 15) is 9.90 Å². The van der Waals surface area contributed by atoms with Gasteiger partial charge in [-0.2, -0.15) is 0 Å². The SMILES string of the molecule is COCc1c(CO)nnn1-c1cccc(C(=O)OC)c1. The molecule has 20 heavy (non-hydrogen) atoms. The maximum absolute atomic E-state index is 11.5. The van der Waals surface area contributed by atoms with Gasteiger partial charge in [-0.3, -0.25) is 0 Å². The van der Waals surface area contributed by atoms with Gasteiger partial charge < -0.3 is 14.6 Å². The van der Waals surface area contributed by atoms with Gasteiger partial charge in [0.2, 0.25) is 0 Å². The summed E-state index contributed by atoms with van der Waals surface area (Å²) in [4.78, 5) is 11.5. The second-order valence-corrected chi connectivity index (χ2v) is 4.03. The lowest BCUT2D eigenvalue weighted by molar-refractivity contribution is 0.0600. The average Bonchev–Trinajstić information content (AvgIpc) is 2.90. The molecule has 0 atom stereocenters. The summed E-state index contributed by atoms with van der Waals surface area (Å²) in [6.07, 6.45) is 0. The minimum absolute atomic E-state index is 0.227. The number of aliphatic hydroxyl groups is 1. The third-order valence-electron chi connectivity index (χ3n) is 2.79. The third kappa shape index (κ3) is 2.68. The molecule has 0 amide bonds. The molecule has 0 spiro atoms. The van der Waals surface area contributed by atoms with Gasteiger partial charge in [0.25, 0.3) is 0 Å². The van der Waals surface area contributed by atoms with Crippen LogP contribution in [0, 0.1) is 0 Å². The van der Waals surface area contributed by atoms with Gasteiger partial charge in [0.05, 0.1) is 37.3 Å². The highest BCUT2D eigenvalue weighted by Gasteiger charge is 2.14. The van der Waals surface area contributed by atoms with Crippen LogP contribution in [0.15, 0.2) is 24.3 Å². The highest BCUT2D eigenvalue weighted by molar-refractivity contribution is 5.89. The zero-order chi connectivity index (χ0) is 14.5. The number of carbonyl (C=O) groups excluding carboxylic acids is 1. The summed E-state index contributed by atoms with van der Waals surface area (Å²) >= 11 is 0. The van der Waals surface area contributed by atoms with Crippen molar-refractivity contribution in [2.45, 2.75) is 13.2 Å². The number of aliphatic hydroxyl groups excluding tert-OH is 1. The van der Waals surface area contributed by atoms with E-state index in [0.29, 0.717) is 22.6 Å². The Labute approximate surface area is 115 Å². The molecule has 0 unspecified atom stereocenters. The van der Waals surface area contributed by atoms with Crippen molar-refractivity contribution >= 4 is 5.97 Å². The van der Waals surface area contributed by atoms with Crippen LogP contribution < -0.4 is 0 Å². The number of esters is 1. The Morgan fingerprint density at radius 1 is 1.40 bits per heavy atom. The second-order valence-electron chi connectivity index (χ2n) is 4.03. The van der Waals surface area contributed by atoms with Crippen LogP contribution >= 0.6 is 0 Å². The lowest BCUT2D eigenvalue weighted by atomic mass is 10.2. The molecule has 1 heterocycles. The quantitative estimate of drug-likeness (QED) is 0.809. The van der Waals surface area contributed by atoms with Crippen molar-refractivity contribution in [3.8, 4) is 5.69 Å². The first-order chi connectivity index (χ1) is 9.71. The van der Waals surface area contributed by atoms with Gasteiger partial charge in [-0.15, -0.1) is 5.10 Å². The molecule has 0 saturated heterocycles. The first-order valence-corrected chi connectivity index (χ1v) is 5.93. The molecule has 0 aliphatic heterocycles. The van der Waals surface area contributed by atoms with Gasteiger partial charge in [-0.05, 0) is 18.2 Å². The molecule has 1 N–H and O–H groups in total. The summed E-state index contributed by atoms with van der Waals surface area (Å²) in [5.74, 6) is -0.428. The number of hydrogen-bond acceptors (Lipinski definition) is 6. The zero-order valence-corrected chi connectivity index (χ0v) is 11.2. The van der Waals surface area contributed by atoms with E-state index in [0.717, 1.165) is 0 Å². The second kappa shape index (κ2) is 6.27. The molecule has 2 rings (SSSR count). The van der Waals surface area contributed by atoms with Gasteiger partial charge in [-0.25, -0.2) is 9.48 Å². The molecule has 0 aliphatic rings. The zero-order valence-electron chi connectivity index (χ0n) is 11.2. The summed E-state index contributed by atoms with van der Waals surface area (Å²) < 4.78 is 11.3. The van der Waals surface area contributed by atoms with Gasteiger partial charge in [-0.1, -0.05) is 11.3 Å². The molecule has 7 nitrogen and oxygen atoms in total. The Kier molecular flexibility index (Phi) is 4.44. The predicted octanol–water partition coefficient (Wildman–Crippen LogP) is 0.693. The highest BCUT2D eigenvalue weighted by atomic mass is 16.5. The lowest BCUT2D eigenvalue weighted by Gasteiger charge is -2.08. The van der Waals surface area contributed by atoms with Crippen LogP contribution in [0.5, 0.6) is 0 Å². The number of hydrogen-bond donors (Lipinski definition) is 1. The molecule has 0 aliphatic carbocycles. The lowest BCUT2D eigenvalue weighted by Crippen LogP contribution is -2.07. The highest BCUT2D eigenvalue weighted by Crippen LogP contribution is 2.16. The normalized spacial score (nSPS) is 10.6. The summed E-state index contributed by atoms with van der Waals surface area (Å²) in [5, 5.41) is 17.1. The van der Waals surface area contributed by atoms with E-state index >= 15 is 0 Å². The maximum Gasteiger partial charge on any atom is 0.337 e. The van der Waals surface area contributed by atoms with E-state index in [-0.39, 0.29) is 13.2 Å². The monoisotopic (exact) mass is 277 g/mol. The number of rotatable bonds is 5. The molecular weight excluding hydrogens is 262 g/mol. The summed E-state index contributed by atoms with van der Waals surface area (Å²) in [5.41, 5.74) is 2.13.